The van der Waals surface area contributed by atoms with Gasteiger partial charge in [0.15, 0.2) is 11.5 Å². The Hall–Kier alpha value is -2.14. The number of rotatable bonds is 5. The van der Waals surface area contributed by atoms with Crippen LogP contribution in [0.15, 0.2) is 47.4 Å². The minimum atomic E-state index is 0.693. The molecule has 0 radical (unpaired) electrons. The largest absolute Gasteiger partial charge is 0.493 e. The molecule has 5 heteroatoms. The minimum Gasteiger partial charge on any atom is -0.493 e. The van der Waals surface area contributed by atoms with Crippen LogP contribution in [0.3, 0.4) is 0 Å². The highest BCUT2D eigenvalue weighted by Gasteiger charge is 2.10. The summed E-state index contributed by atoms with van der Waals surface area (Å²) < 4.78 is 10.6. The Morgan fingerprint density at radius 3 is 2.48 bits per heavy atom. The molecule has 0 amide bonds. The van der Waals surface area contributed by atoms with Gasteiger partial charge in [-0.25, -0.2) is 4.98 Å². The molecule has 21 heavy (non-hydrogen) atoms. The molecule has 1 aromatic heterocycles. The number of H-pyrrole nitrogens is 1. The van der Waals surface area contributed by atoms with Crippen molar-refractivity contribution in [3.05, 3.63) is 48.3 Å². The number of aromatic amines is 1. The number of fused-ring (bicyclic) bond motifs is 1. The number of thioether (sulfide) groups is 1. The Labute approximate surface area is 127 Å². The summed E-state index contributed by atoms with van der Waals surface area (Å²) in [5.41, 5.74) is 1.84. The van der Waals surface area contributed by atoms with E-state index in [0.717, 1.165) is 22.6 Å². The molecule has 0 saturated heterocycles. The lowest BCUT2D eigenvalue weighted by Crippen LogP contribution is -1.89. The van der Waals surface area contributed by atoms with Crippen molar-refractivity contribution in [3.63, 3.8) is 0 Å². The lowest BCUT2D eigenvalue weighted by Gasteiger charge is -2.06. The molecule has 0 saturated carbocycles. The molecule has 0 atom stereocenters. The number of hydrogen-bond donors (Lipinski definition) is 1. The summed E-state index contributed by atoms with van der Waals surface area (Å²) in [4.78, 5) is 9.15. The fourth-order valence-corrected chi connectivity index (χ4v) is 2.92. The van der Waals surface area contributed by atoms with E-state index < -0.39 is 0 Å². The summed E-state index contributed by atoms with van der Waals surface area (Å²) in [6.45, 7) is 0. The monoisotopic (exact) mass is 300 g/mol. The van der Waals surface area contributed by atoms with E-state index in [9.17, 15) is 0 Å². The highest BCUT2D eigenvalue weighted by Crippen LogP contribution is 2.31. The SMILES string of the molecule is COc1cc2nc(CSc3ccccc3)[nH]c2cc1OC. The zero-order chi connectivity index (χ0) is 14.7. The second-order valence-corrected chi connectivity index (χ2v) is 5.56. The number of ether oxygens (including phenoxy) is 2. The smallest absolute Gasteiger partial charge is 0.163 e. The lowest BCUT2D eigenvalue weighted by molar-refractivity contribution is 0.356. The third-order valence-electron chi connectivity index (χ3n) is 3.16. The van der Waals surface area contributed by atoms with Gasteiger partial charge in [0.25, 0.3) is 0 Å². The number of aromatic nitrogens is 2. The topological polar surface area (TPSA) is 47.1 Å². The van der Waals surface area contributed by atoms with Crippen LogP contribution in [0.4, 0.5) is 0 Å². The van der Waals surface area contributed by atoms with Gasteiger partial charge >= 0.3 is 0 Å². The highest BCUT2D eigenvalue weighted by molar-refractivity contribution is 7.98. The van der Waals surface area contributed by atoms with Crippen LogP contribution in [0, 0.1) is 0 Å². The van der Waals surface area contributed by atoms with Crippen molar-refractivity contribution in [2.45, 2.75) is 10.6 Å². The van der Waals surface area contributed by atoms with E-state index in [1.54, 1.807) is 26.0 Å². The van der Waals surface area contributed by atoms with E-state index in [-0.39, 0.29) is 0 Å². The minimum absolute atomic E-state index is 0.693. The molecule has 0 aliphatic rings. The van der Waals surface area contributed by atoms with Crippen LogP contribution in [0.1, 0.15) is 5.82 Å². The van der Waals surface area contributed by atoms with Gasteiger partial charge in [-0.05, 0) is 12.1 Å². The summed E-state index contributed by atoms with van der Waals surface area (Å²) >= 11 is 1.75. The van der Waals surface area contributed by atoms with Crippen LogP contribution in [-0.2, 0) is 5.75 Å². The van der Waals surface area contributed by atoms with Crippen LogP contribution in [0.25, 0.3) is 11.0 Å². The van der Waals surface area contributed by atoms with Crippen molar-refractivity contribution in [2.24, 2.45) is 0 Å². The summed E-state index contributed by atoms with van der Waals surface area (Å²) in [7, 11) is 3.26. The van der Waals surface area contributed by atoms with E-state index in [1.807, 2.05) is 30.3 Å². The lowest BCUT2D eigenvalue weighted by atomic mass is 10.3. The fourth-order valence-electron chi connectivity index (χ4n) is 2.13. The highest BCUT2D eigenvalue weighted by atomic mass is 32.2. The number of nitrogens with one attached hydrogen (secondary N) is 1. The zero-order valence-corrected chi connectivity index (χ0v) is 12.7. The van der Waals surface area contributed by atoms with Crippen molar-refractivity contribution in [2.75, 3.05) is 14.2 Å². The predicted octanol–water partition coefficient (Wildman–Crippen LogP) is 3.87. The summed E-state index contributed by atoms with van der Waals surface area (Å²) in [6.07, 6.45) is 0. The van der Waals surface area contributed by atoms with Gasteiger partial charge in [-0.3, -0.25) is 0 Å². The Bertz CT molecular complexity index is 700. The van der Waals surface area contributed by atoms with Crippen LogP contribution in [0.5, 0.6) is 11.5 Å². The van der Waals surface area contributed by atoms with Gasteiger partial charge in [0.05, 0.1) is 31.0 Å². The molecule has 1 N–H and O–H groups in total. The van der Waals surface area contributed by atoms with Gasteiger partial charge in [0.2, 0.25) is 0 Å². The van der Waals surface area contributed by atoms with Crippen LogP contribution < -0.4 is 9.47 Å². The van der Waals surface area contributed by atoms with Gasteiger partial charge in [0.1, 0.15) is 5.82 Å². The van der Waals surface area contributed by atoms with Crippen LogP contribution in [-0.4, -0.2) is 24.2 Å². The van der Waals surface area contributed by atoms with Gasteiger partial charge in [-0.15, -0.1) is 11.8 Å². The van der Waals surface area contributed by atoms with Gasteiger partial charge < -0.3 is 14.5 Å². The Balaban J connectivity index is 1.84. The van der Waals surface area contributed by atoms with Crippen molar-refractivity contribution in [1.82, 2.24) is 9.97 Å². The first-order chi connectivity index (χ1) is 10.3. The predicted molar refractivity (Wildman–Crippen MR) is 85.2 cm³/mol. The average Bonchev–Trinajstić information content (AvgIpc) is 2.94. The van der Waals surface area contributed by atoms with Gasteiger partial charge in [0, 0.05) is 17.0 Å². The molecule has 0 bridgehead atoms. The molecule has 3 aromatic rings. The maximum absolute atomic E-state index is 5.30. The van der Waals surface area contributed by atoms with E-state index in [2.05, 4.69) is 22.1 Å². The van der Waals surface area contributed by atoms with E-state index in [1.165, 1.54) is 4.90 Å². The summed E-state index contributed by atoms with van der Waals surface area (Å²) in [5, 5.41) is 0. The number of hydrogen-bond acceptors (Lipinski definition) is 4. The van der Waals surface area contributed by atoms with Gasteiger partial charge in [-0.1, -0.05) is 18.2 Å². The molecule has 108 valence electrons. The molecule has 0 spiro atoms. The summed E-state index contributed by atoms with van der Waals surface area (Å²) in [6, 6.07) is 14.1. The molecule has 0 unspecified atom stereocenters. The molecule has 2 aromatic carbocycles. The van der Waals surface area contributed by atoms with Crippen molar-refractivity contribution < 1.29 is 9.47 Å². The standard InChI is InChI=1S/C16H16N2O2S/c1-19-14-8-12-13(9-15(14)20-2)18-16(17-12)10-21-11-6-4-3-5-7-11/h3-9H,10H2,1-2H3,(H,17,18). The van der Waals surface area contributed by atoms with Crippen LogP contribution >= 0.6 is 11.8 Å². The van der Waals surface area contributed by atoms with Gasteiger partial charge in [-0.2, -0.15) is 0 Å². The second-order valence-electron chi connectivity index (χ2n) is 4.51. The fraction of sp³-hybridized carbons (Fsp3) is 0.188. The van der Waals surface area contributed by atoms with E-state index in [0.29, 0.717) is 11.5 Å². The van der Waals surface area contributed by atoms with Crippen molar-refractivity contribution in [1.29, 1.82) is 0 Å². The second kappa shape index (κ2) is 6.10. The molecule has 3 rings (SSSR count). The molecule has 0 aliphatic carbocycles. The first-order valence-electron chi connectivity index (χ1n) is 6.58. The summed E-state index contributed by atoms with van der Waals surface area (Å²) in [5.74, 6) is 3.13. The molecular weight excluding hydrogens is 284 g/mol. The van der Waals surface area contributed by atoms with E-state index >= 15 is 0 Å². The van der Waals surface area contributed by atoms with Crippen LogP contribution in [0.2, 0.25) is 0 Å². The first-order valence-corrected chi connectivity index (χ1v) is 7.57. The molecule has 4 nitrogen and oxygen atoms in total. The number of methoxy groups -OCH3 is 2. The number of nitrogens with zero attached hydrogens (tertiary/aromatic N) is 1. The molecule has 1 heterocycles. The molecular formula is C16H16N2O2S. The quantitative estimate of drug-likeness (QED) is 0.727. The Kier molecular flexibility index (Phi) is 4.01. The number of benzene rings is 2. The van der Waals surface area contributed by atoms with Crippen molar-refractivity contribution >= 4 is 22.8 Å². The first kappa shape index (κ1) is 13.8. The maximum atomic E-state index is 5.30. The maximum Gasteiger partial charge on any atom is 0.163 e. The molecule has 0 aliphatic heterocycles. The molecule has 0 fully saturated rings. The zero-order valence-electron chi connectivity index (χ0n) is 11.9. The normalized spacial score (nSPS) is 10.8. The Morgan fingerprint density at radius 1 is 1.05 bits per heavy atom. The number of imidazole rings is 1. The average molecular weight is 300 g/mol. The third-order valence-corrected chi connectivity index (χ3v) is 4.18. The Morgan fingerprint density at radius 2 is 1.76 bits per heavy atom. The van der Waals surface area contributed by atoms with E-state index in [4.69, 9.17) is 9.47 Å². The third kappa shape index (κ3) is 2.97. The van der Waals surface area contributed by atoms with Crippen molar-refractivity contribution in [3.8, 4) is 11.5 Å².